The lowest BCUT2D eigenvalue weighted by Crippen LogP contribution is -2.39. The monoisotopic (exact) mass is 449 g/mol. The highest BCUT2D eigenvalue weighted by Crippen LogP contribution is 2.26. The van der Waals surface area contributed by atoms with Crippen LogP contribution in [0.5, 0.6) is 5.75 Å². The second-order valence-corrected chi connectivity index (χ2v) is 8.22. The maximum atomic E-state index is 12.6. The van der Waals surface area contributed by atoms with Gasteiger partial charge in [-0.2, -0.15) is 5.26 Å². The van der Waals surface area contributed by atoms with E-state index in [2.05, 4.69) is 27.9 Å². The molecular weight excluding hydrogens is 426 g/mol. The van der Waals surface area contributed by atoms with Gasteiger partial charge in [0.1, 0.15) is 11.9 Å². The number of aryl methyl sites for hydroxylation is 1. The zero-order valence-corrected chi connectivity index (χ0v) is 18.6. The van der Waals surface area contributed by atoms with Gasteiger partial charge in [0.25, 0.3) is 5.56 Å². The minimum absolute atomic E-state index is 0.0209. The number of pyridine rings is 1. The number of ether oxygens (including phenoxy) is 1. The quantitative estimate of drug-likeness (QED) is 0.568. The van der Waals surface area contributed by atoms with E-state index in [1.165, 1.54) is 10.6 Å². The molecule has 0 radical (unpaired) electrons. The number of nitriles is 1. The average Bonchev–Trinajstić information content (AvgIpc) is 2.83. The standard InChI is InChI=1S/C24H24ClN5O2/c1-2-17-13-27-24(28-14-17)29-9-7-20(8-10-29)32-22-11-23(31)30(16-21(22)25)15-19-5-3-18(12-26)4-6-19/h3-6,11,13-14,16,20H,2,7-10,15H2,1H3. The van der Waals surface area contributed by atoms with E-state index in [1.54, 1.807) is 18.3 Å². The molecule has 0 N–H and O–H groups in total. The zero-order chi connectivity index (χ0) is 22.5. The first-order valence-corrected chi connectivity index (χ1v) is 11.0. The van der Waals surface area contributed by atoms with Crippen LogP contribution in [-0.2, 0) is 13.0 Å². The molecule has 1 aromatic carbocycles. The Labute approximate surface area is 191 Å². The normalized spacial score (nSPS) is 14.2. The van der Waals surface area contributed by atoms with Gasteiger partial charge in [0.15, 0.2) is 0 Å². The van der Waals surface area contributed by atoms with Crippen molar-refractivity contribution in [3.8, 4) is 11.8 Å². The number of piperidine rings is 1. The number of hydrogen-bond acceptors (Lipinski definition) is 6. The van der Waals surface area contributed by atoms with Crippen LogP contribution in [0.2, 0.25) is 5.02 Å². The van der Waals surface area contributed by atoms with Crippen LogP contribution in [0.1, 0.15) is 36.5 Å². The second kappa shape index (κ2) is 9.84. The number of anilines is 1. The van der Waals surface area contributed by atoms with Crippen LogP contribution in [-0.4, -0.2) is 33.7 Å². The summed E-state index contributed by atoms with van der Waals surface area (Å²) in [6.45, 7) is 4.02. The number of hydrogen-bond donors (Lipinski definition) is 0. The molecule has 1 fully saturated rings. The fourth-order valence-corrected chi connectivity index (χ4v) is 3.89. The summed E-state index contributed by atoms with van der Waals surface area (Å²) in [7, 11) is 0. The number of benzene rings is 1. The zero-order valence-electron chi connectivity index (χ0n) is 17.9. The fourth-order valence-electron chi connectivity index (χ4n) is 3.67. The summed E-state index contributed by atoms with van der Waals surface area (Å²) in [6.07, 6.45) is 7.84. The third-order valence-corrected chi connectivity index (χ3v) is 5.88. The van der Waals surface area contributed by atoms with Gasteiger partial charge in [-0.3, -0.25) is 4.79 Å². The molecule has 164 valence electrons. The fraction of sp³-hybridized carbons (Fsp3) is 0.333. The Morgan fingerprint density at radius 2 is 1.84 bits per heavy atom. The first kappa shape index (κ1) is 21.8. The van der Waals surface area contributed by atoms with Gasteiger partial charge in [-0.05, 0) is 29.7 Å². The molecule has 32 heavy (non-hydrogen) atoms. The highest BCUT2D eigenvalue weighted by atomic mass is 35.5. The van der Waals surface area contributed by atoms with Gasteiger partial charge >= 0.3 is 0 Å². The Bertz CT molecular complexity index is 1160. The van der Waals surface area contributed by atoms with Crippen molar-refractivity contribution in [2.45, 2.75) is 38.8 Å². The highest BCUT2D eigenvalue weighted by Gasteiger charge is 2.23. The SMILES string of the molecule is CCc1cnc(N2CCC(Oc3cc(=O)n(Cc4ccc(C#N)cc4)cc3Cl)CC2)nc1. The second-order valence-electron chi connectivity index (χ2n) is 7.81. The lowest BCUT2D eigenvalue weighted by atomic mass is 10.1. The minimum Gasteiger partial charge on any atom is -0.488 e. The molecule has 3 heterocycles. The smallest absolute Gasteiger partial charge is 0.254 e. The number of halogens is 1. The molecule has 0 bridgehead atoms. The Morgan fingerprint density at radius 3 is 2.47 bits per heavy atom. The van der Waals surface area contributed by atoms with Crippen molar-refractivity contribution in [3.05, 3.63) is 81.0 Å². The Balaban J connectivity index is 1.37. The molecule has 0 spiro atoms. The van der Waals surface area contributed by atoms with Crippen molar-refractivity contribution in [3.63, 3.8) is 0 Å². The summed E-state index contributed by atoms with van der Waals surface area (Å²) in [5.74, 6) is 1.15. The van der Waals surface area contributed by atoms with Gasteiger partial charge in [0.05, 0.1) is 23.2 Å². The van der Waals surface area contributed by atoms with E-state index in [-0.39, 0.29) is 11.7 Å². The Hall–Kier alpha value is -3.37. The maximum absolute atomic E-state index is 12.6. The third-order valence-electron chi connectivity index (χ3n) is 5.60. The van der Waals surface area contributed by atoms with Crippen molar-refractivity contribution < 1.29 is 4.74 Å². The van der Waals surface area contributed by atoms with Crippen LogP contribution in [0.4, 0.5) is 5.95 Å². The number of aromatic nitrogens is 3. The first-order chi connectivity index (χ1) is 15.6. The van der Waals surface area contributed by atoms with E-state index in [1.807, 2.05) is 24.5 Å². The molecule has 0 unspecified atom stereocenters. The van der Waals surface area contributed by atoms with E-state index in [0.29, 0.717) is 22.9 Å². The van der Waals surface area contributed by atoms with Crippen LogP contribution in [0.3, 0.4) is 0 Å². The van der Waals surface area contributed by atoms with E-state index in [9.17, 15) is 4.79 Å². The minimum atomic E-state index is -0.185. The van der Waals surface area contributed by atoms with Crippen molar-refractivity contribution in [1.82, 2.24) is 14.5 Å². The van der Waals surface area contributed by atoms with Crippen molar-refractivity contribution in [2.24, 2.45) is 0 Å². The molecule has 0 saturated carbocycles. The molecule has 0 amide bonds. The van der Waals surface area contributed by atoms with Gasteiger partial charge < -0.3 is 14.2 Å². The molecule has 8 heteroatoms. The van der Waals surface area contributed by atoms with E-state index in [4.69, 9.17) is 21.6 Å². The van der Waals surface area contributed by atoms with E-state index in [0.717, 1.165) is 49.4 Å². The summed E-state index contributed by atoms with van der Waals surface area (Å²) in [5, 5.41) is 9.31. The van der Waals surface area contributed by atoms with Gasteiger partial charge in [0.2, 0.25) is 5.95 Å². The average molecular weight is 450 g/mol. The van der Waals surface area contributed by atoms with Crippen LogP contribution < -0.4 is 15.2 Å². The summed E-state index contributed by atoms with van der Waals surface area (Å²) in [5.41, 5.74) is 2.43. The molecular formula is C24H24ClN5O2. The largest absolute Gasteiger partial charge is 0.488 e. The molecule has 1 saturated heterocycles. The van der Waals surface area contributed by atoms with Gasteiger partial charge in [-0.1, -0.05) is 30.7 Å². The molecule has 0 atom stereocenters. The third kappa shape index (κ3) is 5.09. The van der Waals surface area contributed by atoms with Gasteiger partial charge in [-0.25, -0.2) is 9.97 Å². The van der Waals surface area contributed by atoms with Crippen molar-refractivity contribution in [1.29, 1.82) is 5.26 Å². The number of rotatable bonds is 6. The summed E-state index contributed by atoms with van der Waals surface area (Å²) in [6, 6.07) is 10.7. The van der Waals surface area contributed by atoms with Gasteiger partial charge in [-0.15, -0.1) is 0 Å². The van der Waals surface area contributed by atoms with Crippen LogP contribution >= 0.6 is 11.6 Å². The molecule has 2 aromatic heterocycles. The first-order valence-electron chi connectivity index (χ1n) is 10.7. The Kier molecular flexibility index (Phi) is 6.72. The molecule has 4 rings (SSSR count). The molecule has 0 aliphatic carbocycles. The summed E-state index contributed by atoms with van der Waals surface area (Å²) >= 11 is 6.43. The van der Waals surface area contributed by atoms with Crippen molar-refractivity contribution >= 4 is 17.5 Å². The van der Waals surface area contributed by atoms with Gasteiger partial charge in [0, 0.05) is 50.6 Å². The van der Waals surface area contributed by atoms with E-state index < -0.39 is 0 Å². The lowest BCUT2D eigenvalue weighted by molar-refractivity contribution is 0.170. The molecule has 7 nitrogen and oxygen atoms in total. The highest BCUT2D eigenvalue weighted by molar-refractivity contribution is 6.31. The summed E-state index contributed by atoms with van der Waals surface area (Å²) < 4.78 is 7.61. The molecule has 1 aliphatic heterocycles. The van der Waals surface area contributed by atoms with Crippen LogP contribution in [0.25, 0.3) is 0 Å². The van der Waals surface area contributed by atoms with Crippen molar-refractivity contribution in [2.75, 3.05) is 18.0 Å². The van der Waals surface area contributed by atoms with Crippen LogP contribution in [0, 0.1) is 11.3 Å². The summed E-state index contributed by atoms with van der Waals surface area (Å²) in [4.78, 5) is 23.7. The molecule has 1 aliphatic rings. The van der Waals surface area contributed by atoms with Crippen LogP contribution in [0.15, 0.2) is 53.7 Å². The lowest BCUT2D eigenvalue weighted by Gasteiger charge is -2.32. The number of nitrogens with zero attached hydrogens (tertiary/aromatic N) is 5. The predicted octanol–water partition coefficient (Wildman–Crippen LogP) is 3.82. The topological polar surface area (TPSA) is 84.0 Å². The molecule has 3 aromatic rings. The van der Waals surface area contributed by atoms with E-state index >= 15 is 0 Å². The predicted molar refractivity (Wildman–Crippen MR) is 123 cm³/mol. The Morgan fingerprint density at radius 1 is 1.16 bits per heavy atom. The maximum Gasteiger partial charge on any atom is 0.254 e.